The SMILES string of the molecule is C/N=C\c1ccc([C@H]2C[C@@H](C)CN(C(=O)CN3CCC3)C2)c2cccnc12. The van der Waals surface area contributed by atoms with Crippen LogP contribution in [0, 0.1) is 5.92 Å². The van der Waals surface area contributed by atoms with Gasteiger partial charge in [-0.25, -0.2) is 0 Å². The summed E-state index contributed by atoms with van der Waals surface area (Å²) >= 11 is 0. The van der Waals surface area contributed by atoms with Crippen molar-refractivity contribution in [2.75, 3.05) is 39.8 Å². The van der Waals surface area contributed by atoms with Gasteiger partial charge in [0, 0.05) is 49.4 Å². The summed E-state index contributed by atoms with van der Waals surface area (Å²) in [4.78, 5) is 25.9. The summed E-state index contributed by atoms with van der Waals surface area (Å²) < 4.78 is 0. The second kappa shape index (κ2) is 7.77. The van der Waals surface area contributed by atoms with Crippen LogP contribution in [0.1, 0.15) is 36.8 Å². The topological polar surface area (TPSA) is 48.8 Å². The molecule has 2 saturated heterocycles. The van der Waals surface area contributed by atoms with Crippen molar-refractivity contribution in [1.82, 2.24) is 14.8 Å². The lowest BCUT2D eigenvalue weighted by atomic mass is 9.83. The molecule has 4 rings (SSSR count). The van der Waals surface area contributed by atoms with Gasteiger partial charge < -0.3 is 4.90 Å². The van der Waals surface area contributed by atoms with Crippen LogP contribution in [0.4, 0.5) is 0 Å². The van der Waals surface area contributed by atoms with Crippen molar-refractivity contribution in [3.8, 4) is 0 Å². The van der Waals surface area contributed by atoms with Crippen LogP contribution in [-0.4, -0.2) is 66.7 Å². The summed E-state index contributed by atoms with van der Waals surface area (Å²) in [7, 11) is 1.78. The third-order valence-electron chi connectivity index (χ3n) is 5.86. The van der Waals surface area contributed by atoms with E-state index < -0.39 is 0 Å². The molecular weight excluding hydrogens is 336 g/mol. The van der Waals surface area contributed by atoms with Gasteiger partial charge in [-0.1, -0.05) is 25.1 Å². The van der Waals surface area contributed by atoms with E-state index in [1.54, 1.807) is 7.05 Å². The summed E-state index contributed by atoms with van der Waals surface area (Å²) in [6.45, 7) is 6.65. The van der Waals surface area contributed by atoms with Gasteiger partial charge in [0.15, 0.2) is 0 Å². The summed E-state index contributed by atoms with van der Waals surface area (Å²) in [5.74, 6) is 1.14. The first-order valence-electron chi connectivity index (χ1n) is 9.95. The Morgan fingerprint density at radius 3 is 2.89 bits per heavy atom. The number of hydrogen-bond donors (Lipinski definition) is 0. The average molecular weight is 364 g/mol. The maximum absolute atomic E-state index is 12.8. The molecule has 0 bridgehead atoms. The van der Waals surface area contributed by atoms with E-state index in [4.69, 9.17) is 0 Å². The fourth-order valence-electron chi connectivity index (χ4n) is 4.43. The molecule has 1 amide bonds. The van der Waals surface area contributed by atoms with E-state index in [9.17, 15) is 4.79 Å². The minimum absolute atomic E-state index is 0.281. The number of likely N-dealkylation sites (tertiary alicyclic amines) is 2. The first-order valence-corrected chi connectivity index (χ1v) is 9.95. The number of nitrogens with zero attached hydrogens (tertiary/aromatic N) is 4. The van der Waals surface area contributed by atoms with Gasteiger partial charge in [0.05, 0.1) is 12.1 Å². The molecule has 2 fully saturated rings. The zero-order valence-electron chi connectivity index (χ0n) is 16.3. The number of aromatic nitrogens is 1. The van der Waals surface area contributed by atoms with Crippen LogP contribution in [0.3, 0.4) is 0 Å². The number of carbonyl (C=O) groups is 1. The molecule has 2 aliphatic heterocycles. The highest BCUT2D eigenvalue weighted by Crippen LogP contribution is 2.34. The fraction of sp³-hybridized carbons (Fsp3) is 0.500. The van der Waals surface area contributed by atoms with Gasteiger partial charge in [-0.2, -0.15) is 0 Å². The van der Waals surface area contributed by atoms with Gasteiger partial charge in [0.2, 0.25) is 5.91 Å². The quantitative estimate of drug-likeness (QED) is 0.784. The summed E-state index contributed by atoms with van der Waals surface area (Å²) in [5, 5.41) is 1.18. The molecule has 0 spiro atoms. The zero-order valence-corrected chi connectivity index (χ0v) is 16.3. The molecule has 2 aromatic rings. The number of fused-ring (bicyclic) bond motifs is 1. The zero-order chi connectivity index (χ0) is 18.8. The van der Waals surface area contributed by atoms with E-state index in [2.05, 4.69) is 44.9 Å². The van der Waals surface area contributed by atoms with Gasteiger partial charge in [0.25, 0.3) is 0 Å². The molecule has 3 heterocycles. The van der Waals surface area contributed by atoms with E-state index >= 15 is 0 Å². The Hall–Kier alpha value is -2.27. The summed E-state index contributed by atoms with van der Waals surface area (Å²) in [6, 6.07) is 8.47. The molecule has 0 radical (unpaired) electrons. The highest BCUT2D eigenvalue weighted by molar-refractivity contribution is 5.99. The van der Waals surface area contributed by atoms with Crippen molar-refractivity contribution in [3.63, 3.8) is 0 Å². The molecule has 1 aromatic carbocycles. The second-order valence-corrected chi connectivity index (χ2v) is 8.00. The third kappa shape index (κ3) is 3.74. The number of amides is 1. The summed E-state index contributed by atoms with van der Waals surface area (Å²) in [5.41, 5.74) is 3.35. The van der Waals surface area contributed by atoms with E-state index in [-0.39, 0.29) is 5.91 Å². The lowest BCUT2D eigenvalue weighted by Crippen LogP contribution is -2.49. The number of carbonyl (C=O) groups excluding carboxylic acids is 1. The third-order valence-corrected chi connectivity index (χ3v) is 5.86. The smallest absolute Gasteiger partial charge is 0.236 e. The van der Waals surface area contributed by atoms with Gasteiger partial charge in [-0.3, -0.25) is 19.7 Å². The van der Waals surface area contributed by atoms with E-state index in [1.807, 2.05) is 18.5 Å². The first-order chi connectivity index (χ1) is 13.2. The van der Waals surface area contributed by atoms with E-state index in [0.29, 0.717) is 18.4 Å². The minimum atomic E-state index is 0.281. The Morgan fingerprint density at radius 1 is 1.30 bits per heavy atom. The lowest BCUT2D eigenvalue weighted by Gasteiger charge is -2.39. The summed E-state index contributed by atoms with van der Waals surface area (Å²) in [6.07, 6.45) is 6.04. The Balaban J connectivity index is 1.62. The predicted molar refractivity (Wildman–Crippen MR) is 109 cm³/mol. The number of benzene rings is 1. The van der Waals surface area contributed by atoms with Crippen molar-refractivity contribution in [1.29, 1.82) is 0 Å². The number of pyridine rings is 1. The Bertz CT molecular complexity index is 859. The number of rotatable bonds is 4. The van der Waals surface area contributed by atoms with Crippen LogP contribution in [0.5, 0.6) is 0 Å². The maximum Gasteiger partial charge on any atom is 0.236 e. The van der Waals surface area contributed by atoms with Crippen LogP contribution < -0.4 is 0 Å². The lowest BCUT2D eigenvalue weighted by molar-refractivity contribution is -0.135. The number of piperidine rings is 1. The number of aliphatic imine (C=N–C) groups is 1. The van der Waals surface area contributed by atoms with E-state index in [0.717, 1.165) is 43.7 Å². The monoisotopic (exact) mass is 364 g/mol. The van der Waals surface area contributed by atoms with Crippen molar-refractivity contribution in [2.45, 2.75) is 25.7 Å². The normalized spacial score (nSPS) is 23.7. The molecule has 2 aliphatic rings. The Morgan fingerprint density at radius 2 is 2.15 bits per heavy atom. The average Bonchev–Trinajstić information content (AvgIpc) is 2.64. The number of hydrogen-bond acceptors (Lipinski definition) is 4. The predicted octanol–water partition coefficient (Wildman–Crippen LogP) is 2.94. The molecule has 0 unspecified atom stereocenters. The van der Waals surface area contributed by atoms with Gasteiger partial charge in [-0.15, -0.1) is 0 Å². The van der Waals surface area contributed by atoms with Crippen molar-refractivity contribution >= 4 is 23.0 Å². The molecule has 5 nitrogen and oxygen atoms in total. The van der Waals surface area contributed by atoms with Crippen molar-refractivity contribution < 1.29 is 4.79 Å². The molecule has 1 aromatic heterocycles. The van der Waals surface area contributed by atoms with Crippen LogP contribution in [0.25, 0.3) is 10.9 Å². The largest absolute Gasteiger partial charge is 0.341 e. The molecular formula is C22H28N4O. The highest BCUT2D eigenvalue weighted by Gasteiger charge is 2.31. The van der Waals surface area contributed by atoms with Gasteiger partial charge >= 0.3 is 0 Å². The highest BCUT2D eigenvalue weighted by atomic mass is 16.2. The molecule has 0 saturated carbocycles. The molecule has 5 heteroatoms. The van der Waals surface area contributed by atoms with E-state index in [1.165, 1.54) is 17.4 Å². The van der Waals surface area contributed by atoms with Crippen LogP contribution in [-0.2, 0) is 4.79 Å². The van der Waals surface area contributed by atoms with Crippen LogP contribution in [0.15, 0.2) is 35.5 Å². The second-order valence-electron chi connectivity index (χ2n) is 8.00. The molecule has 142 valence electrons. The van der Waals surface area contributed by atoms with Gasteiger partial charge in [0.1, 0.15) is 0 Å². The molecule has 2 atom stereocenters. The molecule has 27 heavy (non-hydrogen) atoms. The van der Waals surface area contributed by atoms with Crippen molar-refractivity contribution in [3.05, 3.63) is 41.6 Å². The Kier molecular flexibility index (Phi) is 5.21. The standard InChI is InChI=1S/C22H28N4O/c1-16-11-18(14-26(13-16)21(27)15-25-9-4-10-25)19-7-6-17(12-23-2)22-20(19)5-3-8-24-22/h3,5-8,12,16,18H,4,9-11,13-15H2,1-2H3/b23-12-/t16-,18+/m1/s1. The van der Waals surface area contributed by atoms with Crippen LogP contribution >= 0.6 is 0 Å². The van der Waals surface area contributed by atoms with Crippen LogP contribution in [0.2, 0.25) is 0 Å². The minimum Gasteiger partial charge on any atom is -0.341 e. The first kappa shape index (κ1) is 18.1. The maximum atomic E-state index is 12.8. The van der Waals surface area contributed by atoms with Crippen molar-refractivity contribution in [2.24, 2.45) is 10.9 Å². The Labute approximate surface area is 161 Å². The molecule has 0 aliphatic carbocycles. The molecule has 0 N–H and O–H groups in total. The fourth-order valence-corrected chi connectivity index (χ4v) is 4.43. The van der Waals surface area contributed by atoms with Gasteiger partial charge in [-0.05, 0) is 43.5 Å².